The topological polar surface area (TPSA) is 140 Å². The number of benzene rings is 3. The van der Waals surface area contributed by atoms with Crippen molar-refractivity contribution < 1.29 is 38.2 Å². The zero-order valence-corrected chi connectivity index (χ0v) is 36.3. The molecule has 0 bridgehead atoms. The molecule has 3 aliphatic rings. The molecule has 0 radical (unpaired) electrons. The van der Waals surface area contributed by atoms with Crippen LogP contribution in [0.5, 0.6) is 0 Å². The maximum absolute atomic E-state index is 12.1. The Bertz CT molecular complexity index is 1560. The second-order valence-corrected chi connectivity index (χ2v) is 14.8. The lowest BCUT2D eigenvalue weighted by atomic mass is 10.1. The number of ether oxygens (including phenoxy) is 3. The van der Waals surface area contributed by atoms with Gasteiger partial charge in [-0.05, 0) is 79.9 Å². The van der Waals surface area contributed by atoms with E-state index in [1.807, 2.05) is 105 Å². The first-order valence-electron chi connectivity index (χ1n) is 19.5. The number of esters is 3. The van der Waals surface area contributed by atoms with Crippen LogP contribution >= 0.6 is 36.4 Å². The molecule has 3 atom stereocenters. The molecule has 14 heteroatoms. The largest absolute Gasteiger partial charge is 0.460 e. The highest BCUT2D eigenvalue weighted by Crippen LogP contribution is 2.21. The van der Waals surface area contributed by atoms with Gasteiger partial charge in [0.1, 0.15) is 37.9 Å². The molecule has 3 heterocycles. The third kappa shape index (κ3) is 19.6. The quantitative estimate of drug-likeness (QED) is 0.113. The zero-order chi connectivity index (χ0) is 40.7. The fraction of sp³-hybridized carbons (Fsp3) is 0.477. The fourth-order valence-electron chi connectivity index (χ4n) is 5.86. The lowest BCUT2D eigenvalue weighted by Crippen LogP contribution is -2.43. The molecule has 3 fully saturated rings. The minimum Gasteiger partial charge on any atom is -0.460 e. The Morgan fingerprint density at radius 1 is 0.586 bits per heavy atom. The van der Waals surface area contributed by atoms with Crippen molar-refractivity contribution in [2.24, 2.45) is 11.8 Å². The van der Waals surface area contributed by atoms with E-state index in [0.29, 0.717) is 26.2 Å². The van der Waals surface area contributed by atoms with E-state index in [2.05, 4.69) is 10.6 Å². The van der Waals surface area contributed by atoms with Crippen LogP contribution in [0.25, 0.3) is 0 Å². The Hall–Kier alpha value is -4.00. The van der Waals surface area contributed by atoms with Crippen LogP contribution in [0, 0.1) is 11.8 Å². The van der Waals surface area contributed by atoms with Crippen molar-refractivity contribution in [3.8, 4) is 0 Å². The van der Waals surface area contributed by atoms with Crippen LogP contribution < -0.4 is 10.6 Å². The van der Waals surface area contributed by atoms with Gasteiger partial charge in [-0.1, -0.05) is 119 Å². The molecule has 3 aromatic carbocycles. The van der Waals surface area contributed by atoms with Gasteiger partial charge in [-0.3, -0.25) is 19.2 Å². The summed E-state index contributed by atoms with van der Waals surface area (Å²) in [5.41, 5.74) is 3.02. The van der Waals surface area contributed by atoms with Crippen molar-refractivity contribution in [2.45, 2.75) is 104 Å². The summed E-state index contributed by atoms with van der Waals surface area (Å²) in [5, 5.41) is 5.97. The smallest absolute Gasteiger partial charge is 0.329 e. The van der Waals surface area contributed by atoms with Crippen molar-refractivity contribution in [3.05, 3.63) is 108 Å². The second kappa shape index (κ2) is 29.2. The fourth-order valence-corrected chi connectivity index (χ4v) is 5.86. The molecule has 58 heavy (non-hydrogen) atoms. The van der Waals surface area contributed by atoms with Gasteiger partial charge < -0.3 is 29.7 Å². The second-order valence-electron chi connectivity index (χ2n) is 14.4. The van der Waals surface area contributed by atoms with Crippen molar-refractivity contribution in [2.75, 3.05) is 19.6 Å². The molecule has 1 amide bonds. The maximum Gasteiger partial charge on any atom is 0.329 e. The first kappa shape index (κ1) is 52.0. The van der Waals surface area contributed by atoms with Crippen LogP contribution in [-0.4, -0.2) is 71.7 Å². The highest BCUT2D eigenvalue weighted by Gasteiger charge is 2.36. The Morgan fingerprint density at radius 3 is 1.26 bits per heavy atom. The Labute approximate surface area is 361 Å². The van der Waals surface area contributed by atoms with E-state index in [9.17, 15) is 24.0 Å². The highest BCUT2D eigenvalue weighted by atomic mass is 35.5. The summed E-state index contributed by atoms with van der Waals surface area (Å²) in [6.07, 6.45) is 5.48. The number of nitrogens with zero attached hydrogens (tertiary/aromatic N) is 1. The Morgan fingerprint density at radius 2 is 0.948 bits per heavy atom. The monoisotopic (exact) mass is 863 g/mol. The lowest BCUT2D eigenvalue weighted by molar-refractivity contribution is -0.155. The van der Waals surface area contributed by atoms with Crippen molar-refractivity contribution in [1.82, 2.24) is 15.5 Å². The van der Waals surface area contributed by atoms with E-state index in [1.54, 1.807) is 18.7 Å². The third-order valence-electron chi connectivity index (χ3n) is 9.12. The van der Waals surface area contributed by atoms with Gasteiger partial charge in [0.25, 0.3) is 0 Å². The molecule has 0 spiro atoms. The van der Waals surface area contributed by atoms with Gasteiger partial charge in [0, 0.05) is 18.4 Å². The van der Waals surface area contributed by atoms with E-state index < -0.39 is 6.04 Å². The molecule has 3 saturated heterocycles. The number of carbonyl (C=O) groups excluding carboxylic acids is 5. The number of rotatable bonds is 11. The first-order chi connectivity index (χ1) is 27.0. The van der Waals surface area contributed by atoms with Crippen LogP contribution in [-0.2, 0) is 58.0 Å². The number of carbonyl (C=O) groups is 5. The molecule has 320 valence electrons. The van der Waals surface area contributed by atoms with Crippen LogP contribution in [0.15, 0.2) is 91.0 Å². The van der Waals surface area contributed by atoms with Crippen LogP contribution in [0.1, 0.15) is 82.9 Å². The average molecular weight is 865 g/mol. The van der Waals surface area contributed by atoms with E-state index in [1.165, 1.54) is 0 Å². The Balaban J connectivity index is 0.000000404. The van der Waals surface area contributed by atoms with Gasteiger partial charge in [-0.2, -0.15) is 0 Å². The van der Waals surface area contributed by atoms with E-state index >= 15 is 0 Å². The summed E-state index contributed by atoms with van der Waals surface area (Å²) in [6, 6.07) is 28.5. The summed E-state index contributed by atoms with van der Waals surface area (Å²) in [6.45, 7) is 10.7. The molecular weight excluding hydrogens is 805 g/mol. The number of hydrogen-bond acceptors (Lipinski definition) is 10. The molecule has 0 unspecified atom stereocenters. The molecule has 0 aliphatic carbocycles. The van der Waals surface area contributed by atoms with Gasteiger partial charge in [-0.15, -0.1) is 24.8 Å². The molecule has 6 rings (SSSR count). The summed E-state index contributed by atoms with van der Waals surface area (Å²) in [4.78, 5) is 58.8. The molecule has 0 saturated carbocycles. The predicted octanol–water partition coefficient (Wildman–Crippen LogP) is 7.59. The van der Waals surface area contributed by atoms with E-state index in [4.69, 9.17) is 25.8 Å². The van der Waals surface area contributed by atoms with Gasteiger partial charge in [0.2, 0.25) is 11.1 Å². The maximum atomic E-state index is 12.1. The molecule has 3 aliphatic heterocycles. The predicted molar refractivity (Wildman–Crippen MR) is 231 cm³/mol. The van der Waals surface area contributed by atoms with Crippen molar-refractivity contribution >= 4 is 65.5 Å². The van der Waals surface area contributed by atoms with Gasteiger partial charge >= 0.3 is 17.9 Å². The number of hydrogen-bond donors (Lipinski definition) is 2. The lowest BCUT2D eigenvalue weighted by Gasteiger charge is -2.24. The van der Waals surface area contributed by atoms with Gasteiger partial charge in [0.05, 0.1) is 0 Å². The minimum atomic E-state index is -0.409. The van der Waals surface area contributed by atoms with E-state index in [0.717, 1.165) is 61.9 Å². The summed E-state index contributed by atoms with van der Waals surface area (Å²) in [7, 11) is 0. The van der Waals surface area contributed by atoms with Crippen molar-refractivity contribution in [3.63, 3.8) is 0 Å². The molecule has 11 nitrogen and oxygen atoms in total. The van der Waals surface area contributed by atoms with Crippen LogP contribution in [0.4, 0.5) is 0 Å². The molecule has 2 N–H and O–H groups in total. The number of nitrogens with one attached hydrogen (secondary N) is 2. The molecule has 0 aromatic heterocycles. The molecule has 3 aromatic rings. The number of amides is 1. The summed E-state index contributed by atoms with van der Waals surface area (Å²) < 4.78 is 15.8. The number of halogens is 3. The van der Waals surface area contributed by atoms with E-state index in [-0.39, 0.29) is 84.4 Å². The standard InChI is InChI=1S/C16H21NO3.2C12H15NO2.C4H7ClO.2ClH/c1-12(2)15(18)17-10-6-9-14(17)16(19)20-11-13-7-4-3-5-8-13;2*14-12(11-7-4-8-13-11)15-9-10-5-2-1-3-6-10;1-3(2)4(5)6;;/h3-5,7-8,12,14H,6,9-11H2,1-2H3;2*1-3,5-6,11,13H,4,7-9H2;3H,1-2H3;2*1H/t14-;2*11-;;;/m000.../s1. The average Bonchev–Trinajstić information content (AvgIpc) is 4.04. The Kier molecular flexibility index (Phi) is 26.2. The number of likely N-dealkylation sites (tertiary alicyclic amines) is 1. The van der Waals surface area contributed by atoms with Crippen molar-refractivity contribution in [1.29, 1.82) is 0 Å². The highest BCUT2D eigenvalue weighted by molar-refractivity contribution is 6.63. The first-order valence-corrected chi connectivity index (χ1v) is 19.9. The minimum absolute atomic E-state index is 0. The van der Waals surface area contributed by atoms with Gasteiger partial charge in [-0.25, -0.2) is 4.79 Å². The third-order valence-corrected chi connectivity index (χ3v) is 9.55. The van der Waals surface area contributed by atoms with Crippen LogP contribution in [0.3, 0.4) is 0 Å². The van der Waals surface area contributed by atoms with Gasteiger partial charge in [0.15, 0.2) is 0 Å². The molecular formula is C44H60Cl3N3O8. The SMILES string of the molecule is CC(C)C(=O)Cl.CC(C)C(=O)N1CCC[C@H]1C(=O)OCc1ccccc1.Cl.Cl.O=C(OCc1ccccc1)[C@@H]1CCCN1.O=C(OCc1ccccc1)[C@@H]1CCCN1. The summed E-state index contributed by atoms with van der Waals surface area (Å²) >= 11 is 4.97. The van der Waals surface area contributed by atoms with Crippen LogP contribution in [0.2, 0.25) is 0 Å². The summed E-state index contributed by atoms with van der Waals surface area (Å²) in [5.74, 6) is -0.624. The zero-order valence-electron chi connectivity index (χ0n) is 33.9. The normalized spacial score (nSPS) is 17.7.